The van der Waals surface area contributed by atoms with Crippen LogP contribution in [0.3, 0.4) is 0 Å². The fraction of sp³-hybridized carbons (Fsp3) is 0.278. The molecule has 21 heavy (non-hydrogen) atoms. The van der Waals surface area contributed by atoms with Crippen LogP contribution < -0.4 is 4.90 Å². The molecule has 0 spiro atoms. The van der Waals surface area contributed by atoms with Crippen LogP contribution in [0.1, 0.15) is 24.5 Å². The van der Waals surface area contributed by atoms with Crippen LogP contribution >= 0.6 is 0 Å². The minimum atomic E-state index is -0.316. The highest BCUT2D eigenvalue weighted by molar-refractivity contribution is 5.96. The lowest BCUT2D eigenvalue weighted by atomic mass is 9.96. The van der Waals surface area contributed by atoms with Crippen LogP contribution in [-0.4, -0.2) is 11.9 Å². The molecule has 0 aliphatic carbocycles. The maximum absolute atomic E-state index is 13.7. The first-order valence-electron chi connectivity index (χ1n) is 7.30. The van der Waals surface area contributed by atoms with E-state index in [9.17, 15) is 9.18 Å². The zero-order chi connectivity index (χ0) is 14.8. The first-order chi connectivity index (χ1) is 10.2. The third-order valence-electron chi connectivity index (χ3n) is 4.09. The van der Waals surface area contributed by atoms with Crippen LogP contribution in [0.2, 0.25) is 0 Å². The number of carbonyl (C=O) groups excluding carboxylic acids is 1. The summed E-state index contributed by atoms with van der Waals surface area (Å²) in [5.41, 5.74) is 2.62. The number of anilines is 1. The van der Waals surface area contributed by atoms with Gasteiger partial charge in [-0.1, -0.05) is 36.4 Å². The van der Waals surface area contributed by atoms with Gasteiger partial charge in [-0.05, 0) is 43.0 Å². The number of fused-ring (bicyclic) bond motifs is 1. The van der Waals surface area contributed by atoms with Gasteiger partial charge in [-0.25, -0.2) is 4.39 Å². The molecule has 1 atom stereocenters. The summed E-state index contributed by atoms with van der Waals surface area (Å²) in [5.74, 6) is -0.358. The van der Waals surface area contributed by atoms with Crippen molar-refractivity contribution in [1.29, 1.82) is 0 Å². The molecule has 3 heteroatoms. The number of para-hydroxylation sites is 1. The Hall–Kier alpha value is -2.16. The molecule has 2 aromatic rings. The van der Waals surface area contributed by atoms with Gasteiger partial charge in [-0.3, -0.25) is 4.79 Å². The summed E-state index contributed by atoms with van der Waals surface area (Å²) in [6, 6.07) is 14.6. The van der Waals surface area contributed by atoms with E-state index in [2.05, 4.69) is 13.0 Å². The van der Waals surface area contributed by atoms with Gasteiger partial charge in [0, 0.05) is 11.7 Å². The third kappa shape index (κ3) is 2.68. The molecule has 1 unspecified atom stereocenters. The normalized spacial score (nSPS) is 17.4. The van der Waals surface area contributed by atoms with Crippen molar-refractivity contribution in [2.75, 3.05) is 4.90 Å². The number of amides is 1. The molecular formula is C18H18FNO. The minimum Gasteiger partial charge on any atom is -0.309 e. The summed E-state index contributed by atoms with van der Waals surface area (Å²) in [4.78, 5) is 14.5. The Bertz CT molecular complexity index is 668. The Morgan fingerprint density at radius 1 is 1.19 bits per heavy atom. The molecule has 1 aliphatic heterocycles. The summed E-state index contributed by atoms with van der Waals surface area (Å²) in [5, 5.41) is 0. The van der Waals surface area contributed by atoms with E-state index in [1.807, 2.05) is 23.1 Å². The lowest BCUT2D eigenvalue weighted by Crippen LogP contribution is -2.43. The molecule has 108 valence electrons. The summed E-state index contributed by atoms with van der Waals surface area (Å²) in [7, 11) is 0. The van der Waals surface area contributed by atoms with Gasteiger partial charge in [0.25, 0.3) is 0 Å². The number of hydrogen-bond acceptors (Lipinski definition) is 1. The molecular weight excluding hydrogens is 265 g/mol. The van der Waals surface area contributed by atoms with Crippen LogP contribution in [-0.2, 0) is 17.6 Å². The minimum absolute atomic E-state index is 0.0419. The standard InChI is InChI=1S/C18H18FNO/c1-13-10-11-14-6-3-5-9-17(14)20(13)18(21)12-15-7-2-4-8-16(15)19/h2-9,13H,10-12H2,1H3. The average molecular weight is 283 g/mol. The molecule has 2 aromatic carbocycles. The van der Waals surface area contributed by atoms with Crippen LogP contribution in [0.4, 0.5) is 10.1 Å². The second kappa shape index (κ2) is 5.68. The first-order valence-corrected chi connectivity index (χ1v) is 7.30. The van der Waals surface area contributed by atoms with E-state index in [0.717, 1.165) is 18.5 Å². The molecule has 2 nitrogen and oxygen atoms in total. The SMILES string of the molecule is CC1CCc2ccccc2N1C(=O)Cc1ccccc1F. The Kier molecular flexibility index (Phi) is 3.74. The van der Waals surface area contributed by atoms with Crippen molar-refractivity contribution in [3.05, 3.63) is 65.5 Å². The second-order valence-corrected chi connectivity index (χ2v) is 5.55. The Balaban J connectivity index is 1.89. The largest absolute Gasteiger partial charge is 0.309 e. The van der Waals surface area contributed by atoms with Crippen molar-refractivity contribution >= 4 is 11.6 Å². The van der Waals surface area contributed by atoms with Crippen molar-refractivity contribution in [2.45, 2.75) is 32.2 Å². The molecule has 0 bridgehead atoms. The van der Waals surface area contributed by atoms with E-state index in [-0.39, 0.29) is 24.2 Å². The van der Waals surface area contributed by atoms with Crippen molar-refractivity contribution in [3.8, 4) is 0 Å². The molecule has 0 N–H and O–H groups in total. The van der Waals surface area contributed by atoms with Gasteiger partial charge < -0.3 is 4.90 Å². The lowest BCUT2D eigenvalue weighted by molar-refractivity contribution is -0.118. The van der Waals surface area contributed by atoms with E-state index in [0.29, 0.717) is 5.56 Å². The number of nitrogens with zero attached hydrogens (tertiary/aromatic N) is 1. The van der Waals surface area contributed by atoms with Crippen molar-refractivity contribution in [3.63, 3.8) is 0 Å². The topological polar surface area (TPSA) is 20.3 Å². The molecule has 0 saturated carbocycles. The summed E-state index contributed by atoms with van der Waals surface area (Å²) in [6.07, 6.45) is 2.03. The van der Waals surface area contributed by atoms with Crippen LogP contribution in [0.15, 0.2) is 48.5 Å². The van der Waals surface area contributed by atoms with Crippen LogP contribution in [0, 0.1) is 5.82 Å². The van der Waals surface area contributed by atoms with Crippen molar-refractivity contribution in [2.24, 2.45) is 0 Å². The molecule has 1 amide bonds. The molecule has 0 radical (unpaired) electrons. The maximum Gasteiger partial charge on any atom is 0.231 e. The monoisotopic (exact) mass is 283 g/mol. The van der Waals surface area contributed by atoms with Crippen molar-refractivity contribution < 1.29 is 9.18 Å². The summed E-state index contributed by atoms with van der Waals surface area (Å²) in [6.45, 7) is 2.05. The summed E-state index contributed by atoms with van der Waals surface area (Å²) >= 11 is 0. The number of halogens is 1. The summed E-state index contributed by atoms with van der Waals surface area (Å²) < 4.78 is 13.7. The fourth-order valence-corrected chi connectivity index (χ4v) is 2.96. The number of aryl methyl sites for hydroxylation is 1. The van der Waals surface area contributed by atoms with E-state index in [4.69, 9.17) is 0 Å². The third-order valence-corrected chi connectivity index (χ3v) is 4.09. The Morgan fingerprint density at radius 3 is 2.71 bits per heavy atom. The molecule has 0 aromatic heterocycles. The average Bonchev–Trinajstić information content (AvgIpc) is 2.49. The van der Waals surface area contributed by atoms with Gasteiger partial charge in [-0.2, -0.15) is 0 Å². The predicted molar refractivity (Wildman–Crippen MR) is 81.8 cm³/mol. The van der Waals surface area contributed by atoms with E-state index in [1.165, 1.54) is 11.6 Å². The van der Waals surface area contributed by atoms with Gasteiger partial charge in [0.2, 0.25) is 5.91 Å². The first kappa shape index (κ1) is 13.8. The highest BCUT2D eigenvalue weighted by Gasteiger charge is 2.28. The number of rotatable bonds is 2. The molecule has 3 rings (SSSR count). The zero-order valence-electron chi connectivity index (χ0n) is 12.1. The predicted octanol–water partition coefficient (Wildman–Crippen LogP) is 3.74. The smallest absolute Gasteiger partial charge is 0.231 e. The number of carbonyl (C=O) groups is 1. The zero-order valence-corrected chi connectivity index (χ0v) is 12.1. The molecule has 1 aliphatic rings. The Morgan fingerprint density at radius 2 is 1.90 bits per heavy atom. The van der Waals surface area contributed by atoms with Gasteiger partial charge in [-0.15, -0.1) is 0 Å². The fourth-order valence-electron chi connectivity index (χ4n) is 2.96. The quantitative estimate of drug-likeness (QED) is 0.822. The van der Waals surface area contributed by atoms with E-state index >= 15 is 0 Å². The van der Waals surface area contributed by atoms with Crippen LogP contribution in [0.5, 0.6) is 0 Å². The van der Waals surface area contributed by atoms with Crippen molar-refractivity contribution in [1.82, 2.24) is 0 Å². The Labute approximate surface area is 124 Å². The second-order valence-electron chi connectivity index (χ2n) is 5.55. The molecule has 0 fully saturated rings. The van der Waals surface area contributed by atoms with Gasteiger partial charge in [0.1, 0.15) is 5.82 Å². The molecule has 0 saturated heterocycles. The highest BCUT2D eigenvalue weighted by Crippen LogP contribution is 2.31. The number of hydrogen-bond donors (Lipinski definition) is 0. The lowest BCUT2D eigenvalue weighted by Gasteiger charge is -2.35. The van der Waals surface area contributed by atoms with E-state index < -0.39 is 0 Å². The highest BCUT2D eigenvalue weighted by atomic mass is 19.1. The molecule has 1 heterocycles. The van der Waals surface area contributed by atoms with Gasteiger partial charge >= 0.3 is 0 Å². The van der Waals surface area contributed by atoms with Crippen LogP contribution in [0.25, 0.3) is 0 Å². The van der Waals surface area contributed by atoms with Gasteiger partial charge in [0.05, 0.1) is 6.42 Å². The van der Waals surface area contributed by atoms with E-state index in [1.54, 1.807) is 18.2 Å². The maximum atomic E-state index is 13.7. The number of benzene rings is 2. The van der Waals surface area contributed by atoms with Gasteiger partial charge in [0.15, 0.2) is 0 Å².